The number of aryl methyl sites for hydroxylation is 1. The number of H-pyrrole nitrogens is 1. The lowest BCUT2D eigenvalue weighted by atomic mass is 10.2. The summed E-state index contributed by atoms with van der Waals surface area (Å²) in [5.41, 5.74) is 0.272. The van der Waals surface area contributed by atoms with Crippen molar-refractivity contribution in [3.63, 3.8) is 0 Å². The molecule has 14 heavy (non-hydrogen) atoms. The van der Waals surface area contributed by atoms with Crippen molar-refractivity contribution in [3.8, 4) is 0 Å². The third kappa shape index (κ3) is 1.08. The highest BCUT2D eigenvalue weighted by Crippen LogP contribution is 2.17. The molecular formula is C8H7N3O3. The van der Waals surface area contributed by atoms with E-state index in [0.717, 1.165) is 0 Å². The molecule has 0 aliphatic rings. The minimum Gasteiger partial charge on any atom is -0.287 e. The Bertz CT molecular complexity index is 567. The summed E-state index contributed by atoms with van der Waals surface area (Å²) in [5.74, 6) is 0. The zero-order valence-corrected chi connectivity index (χ0v) is 7.35. The van der Waals surface area contributed by atoms with Crippen molar-refractivity contribution in [2.45, 2.75) is 0 Å². The van der Waals surface area contributed by atoms with E-state index in [-0.39, 0.29) is 11.2 Å². The van der Waals surface area contributed by atoms with Crippen molar-refractivity contribution in [1.82, 2.24) is 9.78 Å². The quantitative estimate of drug-likeness (QED) is 0.536. The van der Waals surface area contributed by atoms with Crippen molar-refractivity contribution in [3.05, 3.63) is 38.7 Å². The molecule has 2 aromatic rings. The largest absolute Gasteiger partial charge is 0.287 e. The predicted molar refractivity (Wildman–Crippen MR) is 50.2 cm³/mol. The molecule has 72 valence electrons. The smallest absolute Gasteiger partial charge is 0.271 e. The number of non-ortho nitro benzene ring substituents is 1. The molecule has 0 radical (unpaired) electrons. The Hall–Kier alpha value is -2.11. The van der Waals surface area contributed by atoms with E-state index in [4.69, 9.17) is 0 Å². The molecule has 0 bridgehead atoms. The third-order valence-electron chi connectivity index (χ3n) is 2.07. The maximum Gasteiger partial charge on any atom is 0.271 e. The molecule has 0 atom stereocenters. The molecule has 1 aromatic carbocycles. The van der Waals surface area contributed by atoms with E-state index in [2.05, 4.69) is 5.10 Å². The van der Waals surface area contributed by atoms with E-state index < -0.39 is 4.92 Å². The molecule has 0 aliphatic heterocycles. The molecule has 0 saturated heterocycles. The Morgan fingerprint density at radius 1 is 1.50 bits per heavy atom. The van der Waals surface area contributed by atoms with Crippen molar-refractivity contribution in [2.24, 2.45) is 7.05 Å². The van der Waals surface area contributed by atoms with E-state index in [1.54, 1.807) is 7.05 Å². The first-order valence-electron chi connectivity index (χ1n) is 3.93. The zero-order chi connectivity index (χ0) is 10.3. The Morgan fingerprint density at radius 2 is 2.21 bits per heavy atom. The summed E-state index contributed by atoms with van der Waals surface area (Å²) >= 11 is 0. The van der Waals surface area contributed by atoms with Crippen LogP contribution in [0.5, 0.6) is 0 Å². The van der Waals surface area contributed by atoms with E-state index >= 15 is 0 Å². The minimum absolute atomic E-state index is 0.0212. The number of rotatable bonds is 1. The second kappa shape index (κ2) is 2.69. The first-order chi connectivity index (χ1) is 6.59. The van der Waals surface area contributed by atoms with Crippen LogP contribution in [0.2, 0.25) is 0 Å². The van der Waals surface area contributed by atoms with Crippen LogP contribution in [0.3, 0.4) is 0 Å². The maximum atomic E-state index is 11.2. The summed E-state index contributed by atoms with van der Waals surface area (Å²) in [6.07, 6.45) is 0. The topological polar surface area (TPSA) is 80.9 Å². The van der Waals surface area contributed by atoms with Crippen LogP contribution in [0, 0.1) is 10.1 Å². The second-order valence-corrected chi connectivity index (χ2v) is 2.96. The van der Waals surface area contributed by atoms with Gasteiger partial charge < -0.3 is 0 Å². The van der Waals surface area contributed by atoms with Gasteiger partial charge in [-0.25, -0.2) is 0 Å². The van der Waals surface area contributed by atoms with Crippen molar-refractivity contribution in [1.29, 1.82) is 0 Å². The number of nitrogens with zero attached hydrogens (tertiary/aromatic N) is 2. The SMILES string of the molecule is Cn1[nH]c(=O)c2ccc([N+](=O)[O-])cc21. The Balaban J connectivity index is 2.83. The van der Waals surface area contributed by atoms with Gasteiger partial charge in [-0.3, -0.25) is 24.7 Å². The predicted octanol–water partition coefficient (Wildman–Crippen LogP) is 0.775. The van der Waals surface area contributed by atoms with Gasteiger partial charge in [0, 0.05) is 19.2 Å². The lowest BCUT2D eigenvalue weighted by Crippen LogP contribution is -2.01. The number of fused-ring (bicyclic) bond motifs is 1. The Morgan fingerprint density at radius 3 is 2.86 bits per heavy atom. The first kappa shape index (κ1) is 8.49. The van der Waals surface area contributed by atoms with E-state index in [0.29, 0.717) is 10.9 Å². The van der Waals surface area contributed by atoms with Crippen molar-refractivity contribution < 1.29 is 4.92 Å². The molecule has 0 amide bonds. The zero-order valence-electron chi connectivity index (χ0n) is 7.35. The van der Waals surface area contributed by atoms with Gasteiger partial charge in [0.2, 0.25) is 0 Å². The van der Waals surface area contributed by atoms with Crippen LogP contribution in [-0.4, -0.2) is 14.7 Å². The Labute approximate surface area is 77.9 Å². The summed E-state index contributed by atoms with van der Waals surface area (Å²) in [5, 5.41) is 13.4. The van der Waals surface area contributed by atoms with Crippen LogP contribution in [0.15, 0.2) is 23.0 Å². The van der Waals surface area contributed by atoms with Gasteiger partial charge in [0.25, 0.3) is 11.2 Å². The number of aromatic amines is 1. The summed E-state index contributed by atoms with van der Waals surface area (Å²) in [6.45, 7) is 0. The molecule has 2 rings (SSSR count). The number of hydrogen-bond donors (Lipinski definition) is 1. The highest BCUT2D eigenvalue weighted by molar-refractivity contribution is 5.80. The molecular weight excluding hydrogens is 186 g/mol. The highest BCUT2D eigenvalue weighted by Gasteiger charge is 2.10. The first-order valence-corrected chi connectivity index (χ1v) is 3.93. The van der Waals surface area contributed by atoms with Gasteiger partial charge in [-0.05, 0) is 6.07 Å². The number of benzene rings is 1. The van der Waals surface area contributed by atoms with Crippen LogP contribution in [0.1, 0.15) is 0 Å². The number of nitrogens with one attached hydrogen (secondary N) is 1. The fourth-order valence-electron chi connectivity index (χ4n) is 1.38. The van der Waals surface area contributed by atoms with Crippen LogP contribution in [0.25, 0.3) is 10.9 Å². The van der Waals surface area contributed by atoms with Crippen LogP contribution in [-0.2, 0) is 7.05 Å². The number of aromatic nitrogens is 2. The molecule has 0 aliphatic carbocycles. The summed E-state index contributed by atoms with van der Waals surface area (Å²) in [7, 11) is 1.63. The fraction of sp³-hybridized carbons (Fsp3) is 0.125. The van der Waals surface area contributed by atoms with Gasteiger partial charge in [0.05, 0.1) is 15.8 Å². The summed E-state index contributed by atoms with van der Waals surface area (Å²) in [4.78, 5) is 21.2. The Kier molecular flexibility index (Phi) is 1.63. The molecule has 1 aromatic heterocycles. The van der Waals surface area contributed by atoms with Crippen LogP contribution in [0.4, 0.5) is 5.69 Å². The molecule has 6 heteroatoms. The van der Waals surface area contributed by atoms with Crippen molar-refractivity contribution >= 4 is 16.6 Å². The lowest BCUT2D eigenvalue weighted by Gasteiger charge is -1.94. The molecule has 0 fully saturated rings. The number of nitro benzene ring substituents is 1. The number of nitro groups is 1. The van der Waals surface area contributed by atoms with Crippen LogP contribution >= 0.6 is 0 Å². The maximum absolute atomic E-state index is 11.2. The normalized spacial score (nSPS) is 10.6. The van der Waals surface area contributed by atoms with Gasteiger partial charge in [0.1, 0.15) is 0 Å². The summed E-state index contributed by atoms with van der Waals surface area (Å²) in [6, 6.07) is 4.14. The van der Waals surface area contributed by atoms with E-state index in [1.807, 2.05) is 0 Å². The van der Waals surface area contributed by atoms with E-state index in [1.165, 1.54) is 22.9 Å². The fourth-order valence-corrected chi connectivity index (χ4v) is 1.38. The molecule has 1 heterocycles. The van der Waals surface area contributed by atoms with Gasteiger partial charge in [-0.15, -0.1) is 0 Å². The third-order valence-corrected chi connectivity index (χ3v) is 2.07. The molecule has 0 saturated carbocycles. The molecule has 0 unspecified atom stereocenters. The van der Waals surface area contributed by atoms with E-state index in [9.17, 15) is 14.9 Å². The molecule has 6 nitrogen and oxygen atoms in total. The minimum atomic E-state index is -0.489. The number of hydrogen-bond acceptors (Lipinski definition) is 3. The van der Waals surface area contributed by atoms with Gasteiger partial charge >= 0.3 is 0 Å². The average Bonchev–Trinajstić information content (AvgIpc) is 2.42. The van der Waals surface area contributed by atoms with Gasteiger partial charge in [-0.2, -0.15) is 0 Å². The standard InChI is InChI=1S/C8H7N3O3/c1-10-7-4-5(11(13)14)2-3-6(7)8(12)9-10/h2-4H,1H3,(H,9,12). The van der Waals surface area contributed by atoms with Crippen LogP contribution < -0.4 is 5.56 Å². The molecule has 1 N–H and O–H groups in total. The second-order valence-electron chi connectivity index (χ2n) is 2.96. The average molecular weight is 193 g/mol. The monoisotopic (exact) mass is 193 g/mol. The summed E-state index contributed by atoms with van der Waals surface area (Å²) < 4.78 is 1.46. The molecule has 0 spiro atoms. The lowest BCUT2D eigenvalue weighted by molar-refractivity contribution is -0.384. The highest BCUT2D eigenvalue weighted by atomic mass is 16.6. The van der Waals surface area contributed by atoms with Gasteiger partial charge in [-0.1, -0.05) is 0 Å². The van der Waals surface area contributed by atoms with Crippen molar-refractivity contribution in [2.75, 3.05) is 0 Å². The van der Waals surface area contributed by atoms with Gasteiger partial charge in [0.15, 0.2) is 0 Å².